The molecular formula is C19H21ClN4S. The van der Waals surface area contributed by atoms with Crippen LogP contribution in [0.15, 0.2) is 29.4 Å². The normalized spacial score (nSPS) is 20.1. The molecule has 0 bridgehead atoms. The summed E-state index contributed by atoms with van der Waals surface area (Å²) in [7, 11) is 0. The van der Waals surface area contributed by atoms with Crippen LogP contribution >= 0.6 is 23.4 Å². The van der Waals surface area contributed by atoms with Gasteiger partial charge >= 0.3 is 0 Å². The predicted octanol–water partition coefficient (Wildman–Crippen LogP) is 5.38. The molecule has 1 aromatic heterocycles. The number of hydrogen-bond donors (Lipinski definition) is 1. The highest BCUT2D eigenvalue weighted by Gasteiger charge is 2.24. The lowest BCUT2D eigenvalue weighted by Crippen LogP contribution is -2.31. The van der Waals surface area contributed by atoms with Crippen LogP contribution in [0.5, 0.6) is 0 Å². The zero-order chi connectivity index (χ0) is 17.8. The standard InChI is InChI=1S/C19H21ClN4S/c1-12-5-3-4-6-16(12)22-18-15(11-21)17(23-19(24-18)25-2)13-7-9-14(20)10-8-13/h7-10,12,16H,3-6H2,1-2H3,(H,22,23,24)/t12-,16+/m0/s1. The Morgan fingerprint density at radius 1 is 1.20 bits per heavy atom. The van der Waals surface area contributed by atoms with E-state index in [0.717, 1.165) is 12.0 Å². The van der Waals surface area contributed by atoms with Crippen molar-refractivity contribution in [1.29, 1.82) is 5.26 Å². The molecule has 2 aromatic rings. The zero-order valence-electron chi connectivity index (χ0n) is 14.4. The second-order valence-corrected chi connectivity index (χ2v) is 7.62. The number of aromatic nitrogens is 2. The fourth-order valence-corrected chi connectivity index (χ4v) is 3.76. The average molecular weight is 373 g/mol. The third kappa shape index (κ3) is 4.08. The van der Waals surface area contributed by atoms with E-state index < -0.39 is 0 Å². The van der Waals surface area contributed by atoms with Crippen molar-refractivity contribution in [1.82, 2.24) is 9.97 Å². The number of benzene rings is 1. The molecule has 0 unspecified atom stereocenters. The molecule has 25 heavy (non-hydrogen) atoms. The quantitative estimate of drug-likeness (QED) is 0.576. The fraction of sp³-hybridized carbons (Fsp3) is 0.421. The monoisotopic (exact) mass is 372 g/mol. The summed E-state index contributed by atoms with van der Waals surface area (Å²) in [5, 5.41) is 14.6. The molecule has 0 amide bonds. The van der Waals surface area contributed by atoms with Gasteiger partial charge in [-0.2, -0.15) is 5.26 Å². The fourth-order valence-electron chi connectivity index (χ4n) is 3.26. The van der Waals surface area contributed by atoms with Gasteiger partial charge in [-0.05, 0) is 37.1 Å². The molecule has 1 aliphatic rings. The molecule has 1 heterocycles. The van der Waals surface area contributed by atoms with Crippen LogP contribution in [0.25, 0.3) is 11.3 Å². The van der Waals surface area contributed by atoms with Gasteiger partial charge < -0.3 is 5.32 Å². The minimum atomic E-state index is 0.350. The van der Waals surface area contributed by atoms with E-state index in [1.807, 2.05) is 30.5 Å². The topological polar surface area (TPSA) is 61.6 Å². The number of rotatable bonds is 4. The van der Waals surface area contributed by atoms with Crippen LogP contribution in [-0.4, -0.2) is 22.3 Å². The molecule has 0 spiro atoms. The van der Waals surface area contributed by atoms with Crippen molar-refractivity contribution in [3.63, 3.8) is 0 Å². The van der Waals surface area contributed by atoms with Crippen LogP contribution in [0.4, 0.5) is 5.82 Å². The van der Waals surface area contributed by atoms with E-state index in [9.17, 15) is 5.26 Å². The molecule has 0 aliphatic heterocycles. The van der Waals surface area contributed by atoms with Gasteiger partial charge in [0.2, 0.25) is 0 Å². The zero-order valence-corrected chi connectivity index (χ0v) is 16.0. The van der Waals surface area contributed by atoms with E-state index in [-0.39, 0.29) is 0 Å². The summed E-state index contributed by atoms with van der Waals surface area (Å²) in [5.74, 6) is 1.22. The maximum Gasteiger partial charge on any atom is 0.189 e. The summed E-state index contributed by atoms with van der Waals surface area (Å²) >= 11 is 7.47. The number of nitrogens with one attached hydrogen (secondary N) is 1. The van der Waals surface area contributed by atoms with Crippen molar-refractivity contribution in [3.05, 3.63) is 34.9 Å². The molecular weight excluding hydrogens is 352 g/mol. The van der Waals surface area contributed by atoms with Crippen molar-refractivity contribution < 1.29 is 0 Å². The van der Waals surface area contributed by atoms with Crippen LogP contribution in [0.1, 0.15) is 38.2 Å². The molecule has 2 atom stereocenters. The average Bonchev–Trinajstić information content (AvgIpc) is 2.63. The summed E-state index contributed by atoms with van der Waals surface area (Å²) in [6.45, 7) is 2.26. The van der Waals surface area contributed by atoms with Crippen molar-refractivity contribution in [2.24, 2.45) is 5.92 Å². The lowest BCUT2D eigenvalue weighted by atomic mass is 9.86. The van der Waals surface area contributed by atoms with E-state index >= 15 is 0 Å². The molecule has 3 rings (SSSR count). The van der Waals surface area contributed by atoms with Crippen LogP contribution in [0.3, 0.4) is 0 Å². The minimum absolute atomic E-state index is 0.350. The molecule has 1 aliphatic carbocycles. The third-order valence-corrected chi connectivity index (χ3v) is 5.53. The van der Waals surface area contributed by atoms with Gasteiger partial charge in [-0.1, -0.05) is 55.3 Å². The highest BCUT2D eigenvalue weighted by atomic mass is 35.5. The summed E-state index contributed by atoms with van der Waals surface area (Å²) < 4.78 is 0. The molecule has 1 fully saturated rings. The Kier molecular flexibility index (Phi) is 5.82. The number of nitriles is 1. The summed E-state index contributed by atoms with van der Waals surface area (Å²) in [4.78, 5) is 9.17. The van der Waals surface area contributed by atoms with E-state index in [0.29, 0.717) is 39.2 Å². The molecule has 0 saturated heterocycles. The van der Waals surface area contributed by atoms with Gasteiger partial charge in [-0.25, -0.2) is 9.97 Å². The number of nitrogens with zero attached hydrogens (tertiary/aromatic N) is 3. The highest BCUT2D eigenvalue weighted by Crippen LogP contribution is 2.32. The Morgan fingerprint density at radius 3 is 2.56 bits per heavy atom. The van der Waals surface area contributed by atoms with Crippen LogP contribution < -0.4 is 5.32 Å². The first-order valence-corrected chi connectivity index (χ1v) is 10.1. The van der Waals surface area contributed by atoms with E-state index in [1.54, 1.807) is 0 Å². The smallest absolute Gasteiger partial charge is 0.189 e. The first-order chi connectivity index (χ1) is 12.1. The van der Waals surface area contributed by atoms with Gasteiger partial charge in [0.15, 0.2) is 5.16 Å². The lowest BCUT2D eigenvalue weighted by molar-refractivity contribution is 0.349. The predicted molar refractivity (Wildman–Crippen MR) is 104 cm³/mol. The largest absolute Gasteiger partial charge is 0.366 e. The van der Waals surface area contributed by atoms with Gasteiger partial charge in [0, 0.05) is 16.6 Å². The first kappa shape index (κ1) is 18.0. The minimum Gasteiger partial charge on any atom is -0.366 e. The second kappa shape index (κ2) is 8.07. The Morgan fingerprint density at radius 2 is 1.92 bits per heavy atom. The van der Waals surface area contributed by atoms with Crippen LogP contribution in [0, 0.1) is 17.2 Å². The Bertz CT molecular complexity index is 785. The van der Waals surface area contributed by atoms with Gasteiger partial charge in [0.05, 0.1) is 5.69 Å². The molecule has 1 N–H and O–H groups in total. The molecule has 1 saturated carbocycles. The van der Waals surface area contributed by atoms with Crippen molar-refractivity contribution in [3.8, 4) is 17.3 Å². The molecule has 1 aromatic carbocycles. The molecule has 0 radical (unpaired) electrons. The summed E-state index contributed by atoms with van der Waals surface area (Å²) in [5.41, 5.74) is 2.03. The van der Waals surface area contributed by atoms with Gasteiger partial charge in [0.25, 0.3) is 0 Å². The highest BCUT2D eigenvalue weighted by molar-refractivity contribution is 7.98. The number of thioether (sulfide) groups is 1. The second-order valence-electron chi connectivity index (χ2n) is 6.41. The summed E-state index contributed by atoms with van der Waals surface area (Å²) in [6, 6.07) is 10.1. The maximum atomic E-state index is 9.77. The summed E-state index contributed by atoms with van der Waals surface area (Å²) in [6.07, 6.45) is 6.76. The molecule has 130 valence electrons. The SMILES string of the molecule is CSc1nc(N[C@@H]2CCCC[C@@H]2C)c(C#N)c(-c2ccc(Cl)cc2)n1. The Labute approximate surface area is 158 Å². The first-order valence-electron chi connectivity index (χ1n) is 8.51. The number of anilines is 1. The van der Waals surface area contributed by atoms with Crippen molar-refractivity contribution in [2.75, 3.05) is 11.6 Å². The van der Waals surface area contributed by atoms with Crippen LogP contribution in [0.2, 0.25) is 5.02 Å². The van der Waals surface area contributed by atoms with Gasteiger partial charge in [0.1, 0.15) is 17.5 Å². The molecule has 4 nitrogen and oxygen atoms in total. The van der Waals surface area contributed by atoms with Gasteiger partial charge in [-0.3, -0.25) is 0 Å². The van der Waals surface area contributed by atoms with Gasteiger partial charge in [-0.15, -0.1) is 0 Å². The van der Waals surface area contributed by atoms with E-state index in [1.165, 1.54) is 31.0 Å². The number of hydrogen-bond acceptors (Lipinski definition) is 5. The Balaban J connectivity index is 2.04. The van der Waals surface area contributed by atoms with Crippen LogP contribution in [-0.2, 0) is 0 Å². The Hall–Kier alpha value is -1.77. The van der Waals surface area contributed by atoms with E-state index in [2.05, 4.69) is 28.3 Å². The lowest BCUT2D eigenvalue weighted by Gasteiger charge is -2.30. The number of halogens is 1. The maximum absolute atomic E-state index is 9.77. The van der Waals surface area contributed by atoms with Crippen molar-refractivity contribution in [2.45, 2.75) is 43.8 Å². The third-order valence-electron chi connectivity index (χ3n) is 4.73. The molecule has 6 heteroatoms. The van der Waals surface area contributed by atoms with Crippen molar-refractivity contribution >= 4 is 29.2 Å². The van der Waals surface area contributed by atoms with E-state index in [4.69, 9.17) is 11.6 Å².